The van der Waals surface area contributed by atoms with Crippen LogP contribution in [0.3, 0.4) is 0 Å². The van der Waals surface area contributed by atoms with E-state index in [-0.39, 0.29) is 17.2 Å². The Bertz CT molecular complexity index is 368. The van der Waals surface area contributed by atoms with Gasteiger partial charge in [0.15, 0.2) is 0 Å². The van der Waals surface area contributed by atoms with Crippen molar-refractivity contribution in [3.05, 3.63) is 23.7 Å². The van der Waals surface area contributed by atoms with Gasteiger partial charge in [-0.2, -0.15) is 0 Å². The summed E-state index contributed by atoms with van der Waals surface area (Å²) < 4.78 is 5.07. The minimum absolute atomic E-state index is 0.0618. The van der Waals surface area contributed by atoms with Crippen LogP contribution < -0.4 is 0 Å². The molecule has 1 aromatic heterocycles. The fourth-order valence-corrected chi connectivity index (χ4v) is 1.86. The second-order valence-corrected chi connectivity index (χ2v) is 3.83. The number of carboxylic acids is 1. The molecule has 1 heterocycles. The topological polar surface area (TPSA) is 70.7 Å². The highest BCUT2D eigenvalue weighted by Crippen LogP contribution is 2.47. The molecule has 2 N–H and O–H groups in total. The summed E-state index contributed by atoms with van der Waals surface area (Å²) in [6, 6.07) is 1.38. The third kappa shape index (κ3) is 1.07. The Morgan fingerprint density at radius 3 is 2.86 bits per heavy atom. The van der Waals surface area contributed by atoms with Crippen LogP contribution in [-0.2, 0) is 5.60 Å². The van der Waals surface area contributed by atoms with E-state index in [2.05, 4.69) is 0 Å². The van der Waals surface area contributed by atoms with Crippen molar-refractivity contribution in [2.45, 2.75) is 25.4 Å². The predicted molar refractivity (Wildman–Crippen MR) is 48.0 cm³/mol. The van der Waals surface area contributed by atoms with Crippen LogP contribution in [0, 0.1) is 5.92 Å². The van der Waals surface area contributed by atoms with Crippen molar-refractivity contribution in [1.29, 1.82) is 0 Å². The van der Waals surface area contributed by atoms with Crippen molar-refractivity contribution in [1.82, 2.24) is 0 Å². The number of carbonyl (C=O) groups is 1. The molecular formula is C10H12O4. The molecule has 0 saturated heterocycles. The van der Waals surface area contributed by atoms with Gasteiger partial charge in [-0.25, -0.2) is 4.79 Å². The second kappa shape index (κ2) is 2.85. The maximum Gasteiger partial charge on any atom is 0.339 e. The van der Waals surface area contributed by atoms with Gasteiger partial charge in [-0.1, -0.05) is 6.92 Å². The van der Waals surface area contributed by atoms with Gasteiger partial charge in [0.05, 0.1) is 6.26 Å². The van der Waals surface area contributed by atoms with Crippen molar-refractivity contribution in [3.63, 3.8) is 0 Å². The molecule has 76 valence electrons. The zero-order valence-corrected chi connectivity index (χ0v) is 7.86. The molecule has 4 nitrogen and oxygen atoms in total. The standard InChI is InChI=1S/C10H12O4/c1-6-2-4-10(6,13)8-7(9(11)12)3-5-14-8/h3,5-6,13H,2,4H2,1H3,(H,11,12). The Balaban J connectivity index is 2.41. The molecular weight excluding hydrogens is 184 g/mol. The first-order chi connectivity index (χ1) is 6.55. The lowest BCUT2D eigenvalue weighted by atomic mass is 9.68. The lowest BCUT2D eigenvalue weighted by Gasteiger charge is -2.42. The highest BCUT2D eigenvalue weighted by atomic mass is 16.4. The van der Waals surface area contributed by atoms with Crippen molar-refractivity contribution in [2.75, 3.05) is 0 Å². The van der Waals surface area contributed by atoms with Gasteiger partial charge in [-0.15, -0.1) is 0 Å². The van der Waals surface area contributed by atoms with Crippen molar-refractivity contribution in [2.24, 2.45) is 5.92 Å². The quantitative estimate of drug-likeness (QED) is 0.753. The molecule has 0 bridgehead atoms. The highest BCUT2D eigenvalue weighted by Gasteiger charge is 2.48. The largest absolute Gasteiger partial charge is 0.478 e. The van der Waals surface area contributed by atoms with E-state index in [1.165, 1.54) is 12.3 Å². The van der Waals surface area contributed by atoms with Gasteiger partial charge in [-0.3, -0.25) is 0 Å². The van der Waals surface area contributed by atoms with E-state index in [9.17, 15) is 9.90 Å². The first-order valence-corrected chi connectivity index (χ1v) is 4.59. The molecule has 2 rings (SSSR count). The Hall–Kier alpha value is -1.29. The average molecular weight is 196 g/mol. The first kappa shape index (κ1) is 9.27. The molecule has 2 atom stereocenters. The van der Waals surface area contributed by atoms with Gasteiger partial charge in [0, 0.05) is 0 Å². The van der Waals surface area contributed by atoms with Crippen LogP contribution in [-0.4, -0.2) is 16.2 Å². The minimum atomic E-state index is -1.07. The minimum Gasteiger partial charge on any atom is -0.478 e. The number of furan rings is 1. The maximum absolute atomic E-state index is 10.8. The lowest BCUT2D eigenvalue weighted by Crippen LogP contribution is -2.43. The van der Waals surface area contributed by atoms with E-state index >= 15 is 0 Å². The molecule has 0 aliphatic heterocycles. The summed E-state index contributed by atoms with van der Waals surface area (Å²) >= 11 is 0. The average Bonchev–Trinajstić information content (AvgIpc) is 2.62. The third-order valence-corrected chi connectivity index (χ3v) is 3.06. The molecule has 1 aliphatic rings. The van der Waals surface area contributed by atoms with Crippen molar-refractivity contribution >= 4 is 5.97 Å². The molecule has 1 fully saturated rings. The summed E-state index contributed by atoms with van der Waals surface area (Å²) in [7, 11) is 0. The number of rotatable bonds is 2. The number of hydrogen-bond donors (Lipinski definition) is 2. The fourth-order valence-electron chi connectivity index (χ4n) is 1.86. The van der Waals surface area contributed by atoms with E-state index in [4.69, 9.17) is 9.52 Å². The van der Waals surface area contributed by atoms with Crippen molar-refractivity contribution in [3.8, 4) is 0 Å². The zero-order chi connectivity index (χ0) is 10.3. The molecule has 1 aromatic rings. The number of carboxylic acid groups (broad SMARTS) is 1. The first-order valence-electron chi connectivity index (χ1n) is 4.59. The predicted octanol–water partition coefficient (Wildman–Crippen LogP) is 1.60. The fraction of sp³-hybridized carbons (Fsp3) is 0.500. The summed E-state index contributed by atoms with van der Waals surface area (Å²) in [5.41, 5.74) is -1.00. The van der Waals surface area contributed by atoms with Crippen LogP contribution in [0.2, 0.25) is 0 Å². The summed E-state index contributed by atoms with van der Waals surface area (Å²) in [4.78, 5) is 10.8. The van der Waals surface area contributed by atoms with Crippen LogP contribution >= 0.6 is 0 Å². The van der Waals surface area contributed by atoms with Crippen molar-refractivity contribution < 1.29 is 19.4 Å². The molecule has 0 spiro atoms. The Morgan fingerprint density at radius 2 is 2.43 bits per heavy atom. The maximum atomic E-state index is 10.8. The van der Waals surface area contributed by atoms with Gasteiger partial charge < -0.3 is 14.6 Å². The van der Waals surface area contributed by atoms with E-state index in [0.29, 0.717) is 6.42 Å². The van der Waals surface area contributed by atoms with Crippen LogP contribution in [0.15, 0.2) is 16.7 Å². The Kier molecular flexibility index (Phi) is 1.89. The summed E-state index contributed by atoms with van der Waals surface area (Å²) in [5.74, 6) is -0.795. The van der Waals surface area contributed by atoms with Gasteiger partial charge >= 0.3 is 5.97 Å². The number of aromatic carboxylic acids is 1. The molecule has 0 amide bonds. The number of hydrogen-bond acceptors (Lipinski definition) is 3. The van der Waals surface area contributed by atoms with Crippen LogP contribution in [0.1, 0.15) is 35.9 Å². The Morgan fingerprint density at radius 1 is 1.71 bits per heavy atom. The zero-order valence-electron chi connectivity index (χ0n) is 7.86. The molecule has 4 heteroatoms. The van der Waals surface area contributed by atoms with E-state index in [0.717, 1.165) is 6.42 Å². The van der Waals surface area contributed by atoms with E-state index < -0.39 is 11.6 Å². The van der Waals surface area contributed by atoms with Crippen LogP contribution in [0.25, 0.3) is 0 Å². The normalized spacial score (nSPS) is 31.1. The molecule has 14 heavy (non-hydrogen) atoms. The molecule has 1 saturated carbocycles. The van der Waals surface area contributed by atoms with Gasteiger partial charge in [-0.05, 0) is 24.8 Å². The lowest BCUT2D eigenvalue weighted by molar-refractivity contribution is -0.109. The monoisotopic (exact) mass is 196 g/mol. The van der Waals surface area contributed by atoms with Crippen LogP contribution in [0.5, 0.6) is 0 Å². The smallest absolute Gasteiger partial charge is 0.339 e. The van der Waals surface area contributed by atoms with Crippen LogP contribution in [0.4, 0.5) is 0 Å². The van der Waals surface area contributed by atoms with E-state index in [1.54, 1.807) is 0 Å². The van der Waals surface area contributed by atoms with Gasteiger partial charge in [0.1, 0.15) is 16.9 Å². The van der Waals surface area contributed by atoms with Gasteiger partial charge in [0.2, 0.25) is 0 Å². The molecule has 2 unspecified atom stereocenters. The SMILES string of the molecule is CC1CCC1(O)c1occc1C(=O)O. The molecule has 0 aromatic carbocycles. The Labute approximate surface area is 81.2 Å². The van der Waals surface area contributed by atoms with E-state index in [1.807, 2.05) is 6.92 Å². The third-order valence-electron chi connectivity index (χ3n) is 3.06. The summed E-state index contributed by atoms with van der Waals surface area (Å²) in [5, 5.41) is 19.0. The summed E-state index contributed by atoms with van der Waals surface area (Å²) in [6.45, 7) is 1.89. The summed E-state index contributed by atoms with van der Waals surface area (Å²) in [6.07, 6.45) is 2.78. The number of aliphatic hydroxyl groups is 1. The highest BCUT2D eigenvalue weighted by molar-refractivity contribution is 5.89. The molecule has 1 aliphatic carbocycles. The second-order valence-electron chi connectivity index (χ2n) is 3.83. The molecule has 0 radical (unpaired) electrons. The van der Waals surface area contributed by atoms with Gasteiger partial charge in [0.25, 0.3) is 0 Å².